The van der Waals surface area contributed by atoms with Gasteiger partial charge in [-0.15, -0.1) is 36.2 Å². The summed E-state index contributed by atoms with van der Waals surface area (Å²) in [6, 6.07) is 0. The number of amides is 1. The van der Waals surface area contributed by atoms with Crippen LogP contribution in [-0.2, 0) is 0 Å². The molecule has 2 heterocycles. The number of carbonyl (C=O) groups is 1. The van der Waals surface area contributed by atoms with Crippen LogP contribution in [-0.4, -0.2) is 30.5 Å². The predicted octanol–water partition coefficient (Wildman–Crippen LogP) is 2.25. The van der Waals surface area contributed by atoms with Crippen LogP contribution in [0, 0.1) is 13.8 Å². The average molecular weight is 324 g/mol. The van der Waals surface area contributed by atoms with Gasteiger partial charge < -0.3 is 10.6 Å². The number of rotatable bonds is 3. The molecular formula is C12H19Cl2N3OS. The Hall–Kier alpha value is -0.620. The van der Waals surface area contributed by atoms with E-state index in [1.54, 1.807) is 0 Å². The summed E-state index contributed by atoms with van der Waals surface area (Å²) >= 11 is 1.45. The molecule has 1 aromatic rings. The fraction of sp³-hybridized carbons (Fsp3) is 0.500. The third kappa shape index (κ3) is 5.10. The Labute approximate surface area is 129 Å². The Morgan fingerprint density at radius 3 is 2.74 bits per heavy atom. The van der Waals surface area contributed by atoms with Crippen molar-refractivity contribution in [1.29, 1.82) is 0 Å². The third-order valence-electron chi connectivity index (χ3n) is 2.74. The first-order valence-corrected chi connectivity index (χ1v) is 6.59. The van der Waals surface area contributed by atoms with Gasteiger partial charge in [-0.25, -0.2) is 4.98 Å². The third-order valence-corrected chi connectivity index (χ3v) is 3.82. The van der Waals surface area contributed by atoms with Crippen LogP contribution in [0.15, 0.2) is 11.6 Å². The van der Waals surface area contributed by atoms with Gasteiger partial charge in [0.25, 0.3) is 5.91 Å². The van der Waals surface area contributed by atoms with E-state index in [9.17, 15) is 4.79 Å². The number of aromatic nitrogens is 1. The van der Waals surface area contributed by atoms with E-state index in [1.165, 1.54) is 16.9 Å². The summed E-state index contributed by atoms with van der Waals surface area (Å²) in [4.78, 5) is 16.9. The molecule has 0 fully saturated rings. The highest BCUT2D eigenvalue weighted by molar-refractivity contribution is 7.13. The van der Waals surface area contributed by atoms with Gasteiger partial charge in [-0.05, 0) is 26.8 Å². The van der Waals surface area contributed by atoms with Crippen LogP contribution in [0.25, 0.3) is 0 Å². The summed E-state index contributed by atoms with van der Waals surface area (Å²) in [5.74, 6) is -0.00691. The Morgan fingerprint density at radius 2 is 2.21 bits per heavy atom. The fourth-order valence-corrected chi connectivity index (χ4v) is 2.68. The zero-order valence-electron chi connectivity index (χ0n) is 11.0. The van der Waals surface area contributed by atoms with Gasteiger partial charge in [0.05, 0.1) is 10.7 Å². The quantitative estimate of drug-likeness (QED) is 0.839. The lowest BCUT2D eigenvalue weighted by Gasteiger charge is -2.14. The molecule has 0 aromatic carbocycles. The fourth-order valence-electron chi connectivity index (χ4n) is 1.85. The summed E-state index contributed by atoms with van der Waals surface area (Å²) < 4.78 is 0. The van der Waals surface area contributed by atoms with Crippen LogP contribution in [0.1, 0.15) is 26.8 Å². The number of halogens is 2. The molecule has 19 heavy (non-hydrogen) atoms. The van der Waals surface area contributed by atoms with Gasteiger partial charge in [0, 0.05) is 13.1 Å². The van der Waals surface area contributed by atoms with Crippen molar-refractivity contribution >= 4 is 42.1 Å². The average Bonchev–Trinajstić information content (AvgIpc) is 2.67. The highest BCUT2D eigenvalue weighted by Gasteiger charge is 2.13. The lowest BCUT2D eigenvalue weighted by molar-refractivity contribution is 0.0960. The SMILES string of the molecule is Cc1nc(C)c(C(=O)NCC2=CCNCC2)s1.Cl.Cl. The number of nitrogens with zero attached hydrogens (tertiary/aromatic N) is 1. The van der Waals surface area contributed by atoms with Gasteiger partial charge in [0.2, 0.25) is 0 Å². The number of aryl methyl sites for hydroxylation is 2. The number of hydrogen-bond donors (Lipinski definition) is 2. The lowest BCUT2D eigenvalue weighted by atomic mass is 10.1. The van der Waals surface area contributed by atoms with Gasteiger partial charge in [0.15, 0.2) is 0 Å². The molecular weight excluding hydrogens is 305 g/mol. The van der Waals surface area contributed by atoms with Gasteiger partial charge in [0.1, 0.15) is 4.88 Å². The largest absolute Gasteiger partial charge is 0.348 e. The molecule has 0 atom stereocenters. The van der Waals surface area contributed by atoms with Crippen molar-refractivity contribution in [3.05, 3.63) is 27.2 Å². The number of thiazole rings is 1. The van der Waals surface area contributed by atoms with Crippen molar-refractivity contribution < 1.29 is 4.79 Å². The molecule has 0 bridgehead atoms. The number of carbonyl (C=O) groups excluding carboxylic acids is 1. The molecule has 108 valence electrons. The maximum atomic E-state index is 11.9. The molecule has 2 rings (SSSR count). The highest BCUT2D eigenvalue weighted by atomic mass is 35.5. The van der Waals surface area contributed by atoms with E-state index >= 15 is 0 Å². The van der Waals surface area contributed by atoms with Gasteiger partial charge in [-0.1, -0.05) is 11.6 Å². The summed E-state index contributed by atoms with van der Waals surface area (Å²) in [6.07, 6.45) is 3.16. The van der Waals surface area contributed by atoms with Crippen molar-refractivity contribution in [3.8, 4) is 0 Å². The predicted molar refractivity (Wildman–Crippen MR) is 84.0 cm³/mol. The van der Waals surface area contributed by atoms with E-state index < -0.39 is 0 Å². The van der Waals surface area contributed by atoms with Crippen molar-refractivity contribution in [2.45, 2.75) is 20.3 Å². The first kappa shape index (κ1) is 18.4. The minimum Gasteiger partial charge on any atom is -0.348 e. The first-order valence-electron chi connectivity index (χ1n) is 5.77. The Bertz CT molecular complexity index is 460. The van der Waals surface area contributed by atoms with Crippen LogP contribution in [0.4, 0.5) is 0 Å². The second-order valence-corrected chi connectivity index (χ2v) is 5.35. The topological polar surface area (TPSA) is 54.0 Å². The molecule has 0 saturated heterocycles. The van der Waals surface area contributed by atoms with Crippen LogP contribution in [0.3, 0.4) is 0 Å². The molecule has 0 spiro atoms. The minimum atomic E-state index is -0.00691. The van der Waals surface area contributed by atoms with E-state index in [2.05, 4.69) is 21.7 Å². The van der Waals surface area contributed by atoms with Gasteiger partial charge in [-0.2, -0.15) is 0 Å². The van der Waals surface area contributed by atoms with Crippen molar-refractivity contribution in [3.63, 3.8) is 0 Å². The Balaban J connectivity index is 0.00000162. The second-order valence-electron chi connectivity index (χ2n) is 4.15. The maximum absolute atomic E-state index is 11.9. The Kier molecular flexibility index (Phi) is 8.25. The Morgan fingerprint density at radius 1 is 1.47 bits per heavy atom. The summed E-state index contributed by atoms with van der Waals surface area (Å²) in [5.41, 5.74) is 2.13. The van der Waals surface area contributed by atoms with E-state index in [4.69, 9.17) is 0 Å². The van der Waals surface area contributed by atoms with Crippen LogP contribution in [0.2, 0.25) is 0 Å². The smallest absolute Gasteiger partial charge is 0.263 e. The molecule has 1 amide bonds. The van der Waals surface area contributed by atoms with Crippen LogP contribution in [0.5, 0.6) is 0 Å². The number of hydrogen-bond acceptors (Lipinski definition) is 4. The lowest BCUT2D eigenvalue weighted by Crippen LogP contribution is -2.29. The van der Waals surface area contributed by atoms with Gasteiger partial charge in [-0.3, -0.25) is 4.79 Å². The van der Waals surface area contributed by atoms with Crippen LogP contribution >= 0.6 is 36.2 Å². The highest BCUT2D eigenvalue weighted by Crippen LogP contribution is 2.16. The second kappa shape index (κ2) is 8.53. The molecule has 1 aliphatic heterocycles. The van der Waals surface area contributed by atoms with E-state index in [0.717, 1.165) is 35.1 Å². The van der Waals surface area contributed by atoms with E-state index in [1.807, 2.05) is 13.8 Å². The molecule has 1 aliphatic rings. The molecule has 7 heteroatoms. The summed E-state index contributed by atoms with van der Waals surface area (Å²) in [6.45, 7) is 6.35. The normalized spacial score (nSPS) is 13.9. The summed E-state index contributed by atoms with van der Waals surface area (Å²) in [7, 11) is 0. The van der Waals surface area contributed by atoms with Crippen molar-refractivity contribution in [2.24, 2.45) is 0 Å². The zero-order valence-corrected chi connectivity index (χ0v) is 13.4. The molecule has 0 aliphatic carbocycles. The zero-order chi connectivity index (χ0) is 12.3. The standard InChI is InChI=1S/C12H17N3OS.2ClH/c1-8-11(17-9(2)15-8)12(16)14-7-10-3-5-13-6-4-10;;/h3,13H,4-7H2,1-2H3,(H,14,16);2*1H. The molecule has 4 nitrogen and oxygen atoms in total. The monoisotopic (exact) mass is 323 g/mol. The summed E-state index contributed by atoms with van der Waals surface area (Å²) in [5, 5.41) is 7.15. The number of nitrogens with one attached hydrogen (secondary N) is 2. The first-order chi connectivity index (χ1) is 8.16. The van der Waals surface area contributed by atoms with E-state index in [0.29, 0.717) is 6.54 Å². The molecule has 0 radical (unpaired) electrons. The van der Waals surface area contributed by atoms with Crippen molar-refractivity contribution in [1.82, 2.24) is 15.6 Å². The molecule has 0 saturated carbocycles. The molecule has 2 N–H and O–H groups in total. The van der Waals surface area contributed by atoms with Crippen LogP contribution < -0.4 is 10.6 Å². The molecule has 1 aromatic heterocycles. The maximum Gasteiger partial charge on any atom is 0.263 e. The minimum absolute atomic E-state index is 0. The van der Waals surface area contributed by atoms with E-state index in [-0.39, 0.29) is 30.7 Å². The molecule has 0 unspecified atom stereocenters. The van der Waals surface area contributed by atoms with Crippen molar-refractivity contribution in [2.75, 3.05) is 19.6 Å². The van der Waals surface area contributed by atoms with Gasteiger partial charge >= 0.3 is 0 Å².